The van der Waals surface area contributed by atoms with Crippen molar-refractivity contribution in [1.82, 2.24) is 4.98 Å². The van der Waals surface area contributed by atoms with E-state index in [1.54, 1.807) is 7.05 Å². The van der Waals surface area contributed by atoms with Crippen LogP contribution in [0.4, 0.5) is 10.1 Å². The average molecular weight is 220 g/mol. The minimum atomic E-state index is -0.327. The van der Waals surface area contributed by atoms with Gasteiger partial charge < -0.3 is 10.1 Å². The number of pyridine rings is 1. The highest BCUT2D eigenvalue weighted by Crippen LogP contribution is 2.30. The van der Waals surface area contributed by atoms with Crippen LogP contribution in [0.15, 0.2) is 18.2 Å². The maximum Gasteiger partial charge on any atom is 0.148 e. The third-order valence-corrected chi connectivity index (χ3v) is 2.46. The highest BCUT2D eigenvalue weighted by atomic mass is 19.1. The molecule has 0 unspecified atom stereocenters. The van der Waals surface area contributed by atoms with Crippen LogP contribution in [-0.4, -0.2) is 19.1 Å². The number of anilines is 1. The quantitative estimate of drug-likeness (QED) is 0.845. The molecule has 1 aromatic heterocycles. The minimum Gasteiger partial charge on any atom is -0.494 e. The summed E-state index contributed by atoms with van der Waals surface area (Å²) in [6, 6.07) is 4.67. The molecule has 0 aliphatic carbocycles. The van der Waals surface area contributed by atoms with Gasteiger partial charge in [-0.1, -0.05) is 0 Å². The number of halogens is 1. The molecule has 0 amide bonds. The third kappa shape index (κ3) is 1.66. The van der Waals surface area contributed by atoms with Crippen molar-refractivity contribution >= 4 is 16.6 Å². The number of methoxy groups -OCH3 is 1. The lowest BCUT2D eigenvalue weighted by Gasteiger charge is -2.10. The first-order valence-electron chi connectivity index (χ1n) is 4.98. The van der Waals surface area contributed by atoms with Gasteiger partial charge in [-0.05, 0) is 19.1 Å². The lowest BCUT2D eigenvalue weighted by molar-refractivity contribution is 0.415. The van der Waals surface area contributed by atoms with Crippen molar-refractivity contribution in [3.63, 3.8) is 0 Å². The number of hydrogen-bond acceptors (Lipinski definition) is 3. The van der Waals surface area contributed by atoms with Crippen LogP contribution in [0.1, 0.15) is 5.69 Å². The normalized spacial score (nSPS) is 10.5. The second kappa shape index (κ2) is 3.96. The average Bonchev–Trinajstić information content (AvgIpc) is 2.27. The molecule has 0 saturated heterocycles. The van der Waals surface area contributed by atoms with Gasteiger partial charge in [0.2, 0.25) is 0 Å². The Labute approximate surface area is 93.3 Å². The zero-order chi connectivity index (χ0) is 11.7. The maximum atomic E-state index is 13.4. The first kappa shape index (κ1) is 10.7. The fourth-order valence-electron chi connectivity index (χ4n) is 1.75. The summed E-state index contributed by atoms with van der Waals surface area (Å²) in [5, 5.41) is 3.75. The van der Waals surface area contributed by atoms with Crippen molar-refractivity contribution in [2.24, 2.45) is 0 Å². The van der Waals surface area contributed by atoms with Crippen LogP contribution in [0.2, 0.25) is 0 Å². The Balaban J connectivity index is 2.87. The Morgan fingerprint density at radius 2 is 2.06 bits per heavy atom. The summed E-state index contributed by atoms with van der Waals surface area (Å²) in [4.78, 5) is 4.36. The predicted octanol–water partition coefficient (Wildman–Crippen LogP) is 2.73. The molecule has 0 aliphatic rings. The maximum absolute atomic E-state index is 13.4. The largest absolute Gasteiger partial charge is 0.494 e. The van der Waals surface area contributed by atoms with Gasteiger partial charge in [0.25, 0.3) is 0 Å². The molecule has 16 heavy (non-hydrogen) atoms. The summed E-state index contributed by atoms with van der Waals surface area (Å²) < 4.78 is 18.5. The van der Waals surface area contributed by atoms with E-state index in [0.29, 0.717) is 11.3 Å². The highest BCUT2D eigenvalue weighted by Gasteiger charge is 2.10. The van der Waals surface area contributed by atoms with Gasteiger partial charge >= 0.3 is 0 Å². The van der Waals surface area contributed by atoms with E-state index in [2.05, 4.69) is 10.3 Å². The van der Waals surface area contributed by atoms with Gasteiger partial charge in [-0.3, -0.25) is 0 Å². The molecule has 2 rings (SSSR count). The Morgan fingerprint density at radius 1 is 1.31 bits per heavy atom. The van der Waals surface area contributed by atoms with Gasteiger partial charge in [0.1, 0.15) is 17.1 Å². The zero-order valence-electron chi connectivity index (χ0n) is 9.47. The van der Waals surface area contributed by atoms with Gasteiger partial charge in [0.15, 0.2) is 0 Å². The van der Waals surface area contributed by atoms with Crippen LogP contribution in [-0.2, 0) is 0 Å². The first-order valence-corrected chi connectivity index (χ1v) is 4.98. The monoisotopic (exact) mass is 220 g/mol. The van der Waals surface area contributed by atoms with Gasteiger partial charge in [-0.2, -0.15) is 0 Å². The Kier molecular flexibility index (Phi) is 2.64. The summed E-state index contributed by atoms with van der Waals surface area (Å²) in [7, 11) is 3.31. The van der Waals surface area contributed by atoms with E-state index in [9.17, 15) is 4.39 Å². The first-order chi connectivity index (χ1) is 7.65. The van der Waals surface area contributed by atoms with E-state index in [0.717, 1.165) is 16.8 Å². The zero-order valence-corrected chi connectivity index (χ0v) is 9.47. The molecule has 3 nitrogen and oxygen atoms in total. The van der Waals surface area contributed by atoms with E-state index in [1.807, 2.05) is 13.0 Å². The minimum absolute atomic E-state index is 0.327. The lowest BCUT2D eigenvalue weighted by Crippen LogP contribution is -1.96. The number of rotatable bonds is 2. The Bertz CT molecular complexity index is 491. The van der Waals surface area contributed by atoms with E-state index in [4.69, 9.17) is 4.74 Å². The second-order valence-corrected chi connectivity index (χ2v) is 3.57. The third-order valence-electron chi connectivity index (χ3n) is 2.46. The molecule has 2 aromatic rings. The summed E-state index contributed by atoms with van der Waals surface area (Å²) in [6.07, 6.45) is 0. The molecule has 0 radical (unpaired) electrons. The van der Waals surface area contributed by atoms with Crippen LogP contribution in [0.3, 0.4) is 0 Å². The molecule has 0 aliphatic heterocycles. The molecule has 4 heteroatoms. The van der Waals surface area contributed by atoms with Gasteiger partial charge in [-0.25, -0.2) is 9.37 Å². The SMILES string of the molecule is CNc1cc(C)nc2c(OC)cc(F)cc12. The number of fused-ring (bicyclic) bond motifs is 1. The molecule has 0 atom stereocenters. The number of hydrogen-bond donors (Lipinski definition) is 1. The fourth-order valence-corrected chi connectivity index (χ4v) is 1.75. The molecular formula is C12H13FN2O. The molecule has 0 bridgehead atoms. The molecule has 1 heterocycles. The van der Waals surface area contributed by atoms with Crippen molar-refractivity contribution in [2.45, 2.75) is 6.92 Å². The number of aryl methyl sites for hydroxylation is 1. The lowest BCUT2D eigenvalue weighted by atomic mass is 10.1. The fraction of sp³-hybridized carbons (Fsp3) is 0.250. The van der Waals surface area contributed by atoms with Crippen LogP contribution >= 0.6 is 0 Å². The Hall–Kier alpha value is -1.84. The summed E-state index contributed by atoms with van der Waals surface area (Å²) in [5.74, 6) is 0.127. The second-order valence-electron chi connectivity index (χ2n) is 3.57. The van der Waals surface area contributed by atoms with E-state index < -0.39 is 0 Å². The number of aromatic nitrogens is 1. The van der Waals surface area contributed by atoms with Gasteiger partial charge in [0.05, 0.1) is 7.11 Å². The topological polar surface area (TPSA) is 34.2 Å². The van der Waals surface area contributed by atoms with Gasteiger partial charge in [-0.15, -0.1) is 0 Å². The molecule has 1 N–H and O–H groups in total. The number of benzene rings is 1. The summed E-state index contributed by atoms with van der Waals surface area (Å²) in [6.45, 7) is 1.89. The molecule has 0 fully saturated rings. The van der Waals surface area contributed by atoms with E-state index in [1.165, 1.54) is 19.2 Å². The predicted molar refractivity (Wildman–Crippen MR) is 62.5 cm³/mol. The molecule has 0 saturated carbocycles. The summed E-state index contributed by atoms with van der Waals surface area (Å²) in [5.41, 5.74) is 2.38. The molecule has 84 valence electrons. The van der Waals surface area contributed by atoms with Crippen molar-refractivity contribution in [3.05, 3.63) is 29.7 Å². The highest BCUT2D eigenvalue weighted by molar-refractivity contribution is 5.95. The number of nitrogens with zero attached hydrogens (tertiary/aromatic N) is 1. The van der Waals surface area contributed by atoms with Crippen molar-refractivity contribution in [1.29, 1.82) is 0 Å². The van der Waals surface area contributed by atoms with Crippen molar-refractivity contribution in [2.75, 3.05) is 19.5 Å². The van der Waals surface area contributed by atoms with E-state index >= 15 is 0 Å². The van der Waals surface area contributed by atoms with E-state index in [-0.39, 0.29) is 5.82 Å². The van der Waals surface area contributed by atoms with Crippen LogP contribution in [0.25, 0.3) is 10.9 Å². The molecule has 1 aromatic carbocycles. The Morgan fingerprint density at radius 3 is 2.69 bits per heavy atom. The van der Waals surface area contributed by atoms with Crippen molar-refractivity contribution in [3.8, 4) is 5.75 Å². The number of nitrogens with one attached hydrogen (secondary N) is 1. The van der Waals surface area contributed by atoms with Crippen LogP contribution < -0.4 is 10.1 Å². The molecular weight excluding hydrogens is 207 g/mol. The van der Waals surface area contributed by atoms with Crippen molar-refractivity contribution < 1.29 is 9.13 Å². The number of ether oxygens (including phenoxy) is 1. The molecule has 0 spiro atoms. The standard InChI is InChI=1S/C12H13FN2O/c1-7-4-10(14-2)9-5-8(13)6-11(16-3)12(9)15-7/h4-6H,1-3H3,(H,14,15). The smallest absolute Gasteiger partial charge is 0.148 e. The van der Waals surface area contributed by atoms with Crippen LogP contribution in [0, 0.1) is 12.7 Å². The van der Waals surface area contributed by atoms with Crippen LogP contribution in [0.5, 0.6) is 5.75 Å². The summed E-state index contributed by atoms with van der Waals surface area (Å²) >= 11 is 0. The van der Waals surface area contributed by atoms with Gasteiger partial charge in [0, 0.05) is 29.9 Å².